The Hall–Kier alpha value is -0.0800. The zero-order chi connectivity index (χ0) is 4.57. The molecule has 1 aliphatic carbocycles. The Bertz CT molecular complexity index is 45.5. The molecule has 0 aromatic carbocycles. The molecular weight excluding hydrogens is 76.1 g/mol. The molecule has 0 radical (unpaired) electrons. The molecule has 2 nitrogen and oxygen atoms in total. The van der Waals surface area contributed by atoms with E-state index in [1.165, 1.54) is 0 Å². The van der Waals surface area contributed by atoms with E-state index < -0.39 is 0 Å². The monoisotopic (exact) mass is 86.1 g/mol. The van der Waals surface area contributed by atoms with Gasteiger partial charge in [-0.05, 0) is 12.8 Å². The molecule has 1 aliphatic rings. The highest BCUT2D eigenvalue weighted by Gasteiger charge is 2.22. The number of nitrogens with two attached hydrogens (primary N) is 2. The van der Waals surface area contributed by atoms with Crippen LogP contribution in [0.5, 0.6) is 0 Å². The van der Waals surface area contributed by atoms with Gasteiger partial charge in [0.25, 0.3) is 0 Å². The van der Waals surface area contributed by atoms with Crippen LogP contribution in [-0.2, 0) is 0 Å². The average Bonchev–Trinajstić information content (AvgIpc) is 1.61. The van der Waals surface area contributed by atoms with Gasteiger partial charge in [-0.1, -0.05) is 0 Å². The third-order valence-electron chi connectivity index (χ3n) is 1.38. The summed E-state index contributed by atoms with van der Waals surface area (Å²) in [6, 6.07) is 0.620. The first-order valence-electron chi connectivity index (χ1n) is 2.32. The minimum atomic E-state index is 0.310. The summed E-state index contributed by atoms with van der Waals surface area (Å²) in [7, 11) is 0. The molecule has 0 amide bonds. The molecule has 0 aliphatic heterocycles. The molecule has 4 N–H and O–H groups in total. The van der Waals surface area contributed by atoms with Gasteiger partial charge in [0.1, 0.15) is 0 Å². The predicted molar refractivity (Wildman–Crippen MR) is 25.2 cm³/mol. The van der Waals surface area contributed by atoms with Crippen molar-refractivity contribution in [3.05, 3.63) is 0 Å². The van der Waals surface area contributed by atoms with Crippen molar-refractivity contribution in [3.63, 3.8) is 0 Å². The maximum atomic E-state index is 5.40. The molecule has 0 bridgehead atoms. The number of hydrogen-bond donors (Lipinski definition) is 2. The van der Waals surface area contributed by atoms with Crippen LogP contribution in [0.3, 0.4) is 0 Å². The first kappa shape index (κ1) is 4.09. The third-order valence-corrected chi connectivity index (χ3v) is 1.38. The van der Waals surface area contributed by atoms with E-state index in [4.69, 9.17) is 11.5 Å². The van der Waals surface area contributed by atoms with Crippen molar-refractivity contribution in [1.29, 1.82) is 0 Å². The Labute approximate surface area is 37.5 Å². The fraction of sp³-hybridized carbons (Fsp3) is 1.00. The van der Waals surface area contributed by atoms with Crippen molar-refractivity contribution in [3.8, 4) is 0 Å². The lowest BCUT2D eigenvalue weighted by molar-refractivity contribution is 0.347. The quantitative estimate of drug-likeness (QED) is 0.415. The van der Waals surface area contributed by atoms with E-state index in [0.717, 1.165) is 12.8 Å². The van der Waals surface area contributed by atoms with Gasteiger partial charge < -0.3 is 11.5 Å². The Balaban J connectivity index is 2.20. The first-order chi connectivity index (χ1) is 2.80. The molecule has 0 spiro atoms. The van der Waals surface area contributed by atoms with Crippen molar-refractivity contribution in [2.45, 2.75) is 24.9 Å². The van der Waals surface area contributed by atoms with Crippen LogP contribution in [0.15, 0.2) is 0 Å². The standard InChI is InChI=1S/C4H10N2/c5-3-1-2-4(3)6/h3-4H,1-2,5-6H2. The van der Waals surface area contributed by atoms with Gasteiger partial charge in [0.15, 0.2) is 0 Å². The molecule has 0 saturated heterocycles. The maximum absolute atomic E-state index is 5.40. The SMILES string of the molecule is NC1CCC1N. The second-order valence-corrected chi connectivity index (χ2v) is 1.91. The average molecular weight is 86.1 g/mol. The van der Waals surface area contributed by atoms with E-state index in [0.29, 0.717) is 12.1 Å². The molecule has 2 heteroatoms. The van der Waals surface area contributed by atoms with Crippen LogP contribution in [0.2, 0.25) is 0 Å². The van der Waals surface area contributed by atoms with Gasteiger partial charge in [0, 0.05) is 12.1 Å². The molecule has 0 aromatic rings. The summed E-state index contributed by atoms with van der Waals surface area (Å²) in [6.07, 6.45) is 2.25. The van der Waals surface area contributed by atoms with Gasteiger partial charge in [-0.3, -0.25) is 0 Å². The summed E-state index contributed by atoms with van der Waals surface area (Å²) < 4.78 is 0. The van der Waals surface area contributed by atoms with Gasteiger partial charge in [0.05, 0.1) is 0 Å². The van der Waals surface area contributed by atoms with Crippen LogP contribution in [-0.4, -0.2) is 12.1 Å². The van der Waals surface area contributed by atoms with Crippen molar-refractivity contribution >= 4 is 0 Å². The minimum absolute atomic E-state index is 0.310. The predicted octanol–water partition coefficient (Wildman–Crippen LogP) is -0.565. The van der Waals surface area contributed by atoms with Gasteiger partial charge in [-0.25, -0.2) is 0 Å². The van der Waals surface area contributed by atoms with Crippen LogP contribution in [0, 0.1) is 0 Å². The molecule has 2 atom stereocenters. The summed E-state index contributed by atoms with van der Waals surface area (Å²) >= 11 is 0. The lowest BCUT2D eigenvalue weighted by Gasteiger charge is -2.29. The van der Waals surface area contributed by atoms with E-state index in [1.54, 1.807) is 0 Å². The highest BCUT2D eigenvalue weighted by molar-refractivity contribution is 4.86. The zero-order valence-corrected chi connectivity index (χ0v) is 3.72. The largest absolute Gasteiger partial charge is 0.326 e. The third kappa shape index (κ3) is 0.420. The van der Waals surface area contributed by atoms with Crippen molar-refractivity contribution in [2.75, 3.05) is 0 Å². The number of rotatable bonds is 0. The lowest BCUT2D eigenvalue weighted by atomic mass is 9.88. The van der Waals surface area contributed by atoms with Crippen molar-refractivity contribution in [2.24, 2.45) is 11.5 Å². The highest BCUT2D eigenvalue weighted by Crippen LogP contribution is 2.13. The highest BCUT2D eigenvalue weighted by atomic mass is 14.8. The van der Waals surface area contributed by atoms with Crippen molar-refractivity contribution < 1.29 is 0 Å². The maximum Gasteiger partial charge on any atom is 0.0192 e. The van der Waals surface area contributed by atoms with Gasteiger partial charge in [-0.2, -0.15) is 0 Å². The molecule has 0 aromatic heterocycles. The Kier molecular flexibility index (Phi) is 0.821. The summed E-state index contributed by atoms with van der Waals surface area (Å²) in [5.74, 6) is 0. The second kappa shape index (κ2) is 1.21. The van der Waals surface area contributed by atoms with Gasteiger partial charge >= 0.3 is 0 Å². The van der Waals surface area contributed by atoms with Gasteiger partial charge in [0.2, 0.25) is 0 Å². The lowest BCUT2D eigenvalue weighted by Crippen LogP contribution is -2.49. The molecule has 6 heavy (non-hydrogen) atoms. The van der Waals surface area contributed by atoms with Crippen LogP contribution in [0.4, 0.5) is 0 Å². The van der Waals surface area contributed by atoms with E-state index in [2.05, 4.69) is 0 Å². The molecule has 1 fully saturated rings. The van der Waals surface area contributed by atoms with Crippen LogP contribution in [0.1, 0.15) is 12.8 Å². The smallest absolute Gasteiger partial charge is 0.0192 e. The Morgan fingerprint density at radius 2 is 1.33 bits per heavy atom. The summed E-state index contributed by atoms with van der Waals surface area (Å²) in [6.45, 7) is 0. The van der Waals surface area contributed by atoms with E-state index in [1.807, 2.05) is 0 Å². The first-order valence-corrected chi connectivity index (χ1v) is 2.32. The molecule has 1 saturated carbocycles. The van der Waals surface area contributed by atoms with E-state index >= 15 is 0 Å². The molecule has 0 heterocycles. The summed E-state index contributed by atoms with van der Waals surface area (Å²) in [5, 5.41) is 0. The van der Waals surface area contributed by atoms with Gasteiger partial charge in [-0.15, -0.1) is 0 Å². The van der Waals surface area contributed by atoms with Crippen LogP contribution < -0.4 is 11.5 Å². The fourth-order valence-electron chi connectivity index (χ4n) is 0.552. The minimum Gasteiger partial charge on any atom is -0.326 e. The van der Waals surface area contributed by atoms with E-state index in [9.17, 15) is 0 Å². The normalized spacial score (nSPS) is 45.0. The molecule has 36 valence electrons. The number of hydrogen-bond acceptors (Lipinski definition) is 2. The Morgan fingerprint density at radius 1 is 1.00 bits per heavy atom. The van der Waals surface area contributed by atoms with E-state index in [-0.39, 0.29) is 0 Å². The van der Waals surface area contributed by atoms with Crippen molar-refractivity contribution in [1.82, 2.24) is 0 Å². The van der Waals surface area contributed by atoms with Crippen LogP contribution >= 0.6 is 0 Å². The Morgan fingerprint density at radius 3 is 1.33 bits per heavy atom. The zero-order valence-electron chi connectivity index (χ0n) is 3.72. The molecule has 2 unspecified atom stereocenters. The summed E-state index contributed by atoms with van der Waals surface area (Å²) in [4.78, 5) is 0. The molecule has 1 rings (SSSR count). The molecular formula is C4H10N2. The second-order valence-electron chi connectivity index (χ2n) is 1.91. The topological polar surface area (TPSA) is 52.0 Å². The fourth-order valence-corrected chi connectivity index (χ4v) is 0.552. The summed E-state index contributed by atoms with van der Waals surface area (Å²) in [5.41, 5.74) is 10.8. The van der Waals surface area contributed by atoms with Crippen LogP contribution in [0.25, 0.3) is 0 Å².